The molecule has 0 radical (unpaired) electrons. The number of hydrogen-bond acceptors (Lipinski definition) is 4. The molecule has 0 amide bonds. The number of benzene rings is 2. The van der Waals surface area contributed by atoms with Gasteiger partial charge in [-0.15, -0.1) is 0 Å². The Labute approximate surface area is 249 Å². The van der Waals surface area contributed by atoms with Crippen LogP contribution in [0.15, 0.2) is 57.4 Å². The number of furan rings is 2. The third-order valence-corrected chi connectivity index (χ3v) is 13.3. The van der Waals surface area contributed by atoms with E-state index < -0.39 is 0 Å². The van der Waals surface area contributed by atoms with Crippen LogP contribution in [0.25, 0.3) is 21.9 Å². The van der Waals surface area contributed by atoms with E-state index in [-0.39, 0.29) is 0 Å². The molecule has 42 heavy (non-hydrogen) atoms. The highest BCUT2D eigenvalue weighted by molar-refractivity contribution is 5.84. The van der Waals surface area contributed by atoms with E-state index in [0.717, 1.165) is 35.3 Å². The smallest absolute Gasteiger partial charge is 0.134 e. The molecule has 218 valence electrons. The Hall–Kier alpha value is -2.56. The first-order chi connectivity index (χ1) is 20.7. The molecule has 4 saturated heterocycles. The second-order valence-corrected chi connectivity index (χ2v) is 15.0. The van der Waals surface area contributed by atoms with Crippen LogP contribution in [0.4, 0.5) is 0 Å². The zero-order valence-electron chi connectivity index (χ0n) is 25.2. The number of fused-ring (bicyclic) bond motifs is 8. The number of hydrogen-bond donors (Lipinski definition) is 0. The summed E-state index contributed by atoms with van der Waals surface area (Å²) in [5.41, 5.74) is 5.33. The maximum Gasteiger partial charge on any atom is 0.134 e. The van der Waals surface area contributed by atoms with Crippen molar-refractivity contribution in [2.45, 2.75) is 82.2 Å². The Morgan fingerprint density at radius 2 is 1.45 bits per heavy atom. The molecule has 8 heterocycles. The van der Waals surface area contributed by atoms with Crippen LogP contribution in [-0.2, 0) is 6.42 Å². The Balaban J connectivity index is 1.20. The van der Waals surface area contributed by atoms with Crippen molar-refractivity contribution in [3.8, 4) is 0 Å². The molecule has 2 aromatic heterocycles. The maximum absolute atomic E-state index is 7.03. The van der Waals surface area contributed by atoms with Crippen LogP contribution in [0.2, 0.25) is 0 Å². The maximum atomic E-state index is 7.03. The minimum atomic E-state index is 0.456. The van der Waals surface area contributed by atoms with Crippen LogP contribution in [0.1, 0.15) is 86.4 Å². The molecule has 12 rings (SSSR count). The largest absolute Gasteiger partial charge is 0.460 e. The summed E-state index contributed by atoms with van der Waals surface area (Å²) >= 11 is 0. The molecule has 12 unspecified atom stereocenters. The minimum Gasteiger partial charge on any atom is -0.460 e. The second-order valence-electron chi connectivity index (χ2n) is 15.0. The molecule has 2 aromatic carbocycles. The highest BCUT2D eigenvalue weighted by Crippen LogP contribution is 2.62. The number of rotatable bonds is 3. The summed E-state index contributed by atoms with van der Waals surface area (Å²) in [6, 6.07) is 19.1. The summed E-state index contributed by atoms with van der Waals surface area (Å²) < 4.78 is 14.0. The van der Waals surface area contributed by atoms with Gasteiger partial charge < -0.3 is 8.83 Å². The second kappa shape index (κ2) is 8.99. The first kappa shape index (κ1) is 24.8. The Morgan fingerprint density at radius 1 is 0.714 bits per heavy atom. The Bertz CT molecular complexity index is 1680. The van der Waals surface area contributed by atoms with Crippen molar-refractivity contribution in [1.29, 1.82) is 0 Å². The van der Waals surface area contributed by atoms with Crippen molar-refractivity contribution in [3.63, 3.8) is 0 Å². The predicted molar refractivity (Wildman–Crippen MR) is 167 cm³/mol. The molecule has 6 fully saturated rings. The van der Waals surface area contributed by atoms with E-state index in [1.807, 2.05) is 0 Å². The van der Waals surface area contributed by atoms with E-state index in [2.05, 4.69) is 72.2 Å². The molecule has 0 spiro atoms. The van der Waals surface area contributed by atoms with Crippen LogP contribution in [-0.4, -0.2) is 48.1 Å². The van der Waals surface area contributed by atoms with Crippen LogP contribution < -0.4 is 0 Å². The van der Waals surface area contributed by atoms with Gasteiger partial charge in [0, 0.05) is 77.9 Å². The van der Waals surface area contributed by atoms with Gasteiger partial charge in [0.2, 0.25) is 0 Å². The van der Waals surface area contributed by atoms with E-state index in [1.165, 1.54) is 86.1 Å². The highest BCUT2D eigenvalue weighted by atomic mass is 16.3. The van der Waals surface area contributed by atoms with Gasteiger partial charge in [-0.1, -0.05) is 63.1 Å². The van der Waals surface area contributed by atoms with Gasteiger partial charge in [-0.25, -0.2) is 0 Å². The van der Waals surface area contributed by atoms with Crippen molar-refractivity contribution < 1.29 is 8.83 Å². The van der Waals surface area contributed by atoms with Crippen LogP contribution in [0.5, 0.6) is 0 Å². The molecule has 4 aromatic rings. The number of nitrogens with zero attached hydrogens (tertiary/aromatic N) is 2. The average Bonchev–Trinajstić information content (AvgIpc) is 3.54. The van der Waals surface area contributed by atoms with E-state index in [9.17, 15) is 0 Å². The summed E-state index contributed by atoms with van der Waals surface area (Å²) in [4.78, 5) is 5.89. The van der Waals surface area contributed by atoms with Gasteiger partial charge >= 0.3 is 0 Å². The van der Waals surface area contributed by atoms with Gasteiger partial charge in [-0.05, 0) is 67.4 Å². The fourth-order valence-corrected chi connectivity index (χ4v) is 12.0. The molecule has 12 atom stereocenters. The van der Waals surface area contributed by atoms with Crippen molar-refractivity contribution in [1.82, 2.24) is 9.80 Å². The monoisotopic (exact) mass is 560 g/mol. The molecule has 2 saturated carbocycles. The third kappa shape index (κ3) is 3.21. The molecule has 2 aliphatic carbocycles. The summed E-state index contributed by atoms with van der Waals surface area (Å²) in [5.74, 6) is 7.87. The lowest BCUT2D eigenvalue weighted by Gasteiger charge is -2.59. The van der Waals surface area contributed by atoms with Crippen molar-refractivity contribution in [3.05, 3.63) is 71.2 Å². The zero-order valence-corrected chi connectivity index (χ0v) is 25.2. The van der Waals surface area contributed by atoms with Crippen molar-refractivity contribution in [2.24, 2.45) is 29.6 Å². The topological polar surface area (TPSA) is 32.8 Å². The Kier molecular flexibility index (Phi) is 5.31. The molecule has 8 aliphatic rings. The van der Waals surface area contributed by atoms with Crippen LogP contribution >= 0.6 is 0 Å². The third-order valence-electron chi connectivity index (χ3n) is 13.3. The molecule has 6 aliphatic heterocycles. The lowest BCUT2D eigenvalue weighted by molar-refractivity contribution is -0.0756. The molecule has 4 nitrogen and oxygen atoms in total. The van der Waals surface area contributed by atoms with E-state index in [0.29, 0.717) is 41.7 Å². The molecule has 8 bridgehead atoms. The summed E-state index contributed by atoms with van der Waals surface area (Å²) in [6.07, 6.45) is 7.80. The summed E-state index contributed by atoms with van der Waals surface area (Å²) in [5, 5.41) is 2.76. The van der Waals surface area contributed by atoms with E-state index in [4.69, 9.17) is 8.83 Å². The van der Waals surface area contributed by atoms with Gasteiger partial charge in [0.25, 0.3) is 0 Å². The number of para-hydroxylation sites is 2. The quantitative estimate of drug-likeness (QED) is 0.253. The fourth-order valence-electron chi connectivity index (χ4n) is 12.0. The van der Waals surface area contributed by atoms with Crippen molar-refractivity contribution >= 4 is 21.9 Å². The standard InChI is InChI=1S/C38H44N2O2/c1-3-22-15-21-16-28-35(22)40(18-21)20-29(33-27-10-6-8-12-31(27)42-38(28)33)32-24-17-23(4-2)36-34(32)37-26(13-14-39(36)19-24)25-9-5-7-11-30(25)41-37/h5-12,21-24,28-29,32,34-36H,3-4,13-20H2,1-2H3. The number of piperidine rings is 4. The molecule has 0 N–H and O–H groups in total. The van der Waals surface area contributed by atoms with E-state index >= 15 is 0 Å². The van der Waals surface area contributed by atoms with Crippen molar-refractivity contribution in [2.75, 3.05) is 26.2 Å². The molecule has 4 heteroatoms. The van der Waals surface area contributed by atoms with Crippen LogP contribution in [0.3, 0.4) is 0 Å². The summed E-state index contributed by atoms with van der Waals surface area (Å²) in [7, 11) is 0. The predicted octanol–water partition coefficient (Wildman–Crippen LogP) is 8.17. The van der Waals surface area contributed by atoms with E-state index in [1.54, 1.807) is 5.56 Å². The first-order valence-electron chi connectivity index (χ1n) is 17.2. The highest BCUT2D eigenvalue weighted by Gasteiger charge is 2.60. The lowest BCUT2D eigenvalue weighted by atomic mass is 9.55. The minimum absolute atomic E-state index is 0.456. The fraction of sp³-hybridized carbons (Fsp3) is 0.579. The van der Waals surface area contributed by atoms with Crippen LogP contribution in [0, 0.1) is 29.6 Å². The van der Waals surface area contributed by atoms with Gasteiger partial charge in [0.05, 0.1) is 0 Å². The zero-order chi connectivity index (χ0) is 27.7. The molecular weight excluding hydrogens is 516 g/mol. The Morgan fingerprint density at radius 3 is 2.29 bits per heavy atom. The molecular formula is C38H44N2O2. The van der Waals surface area contributed by atoms with Gasteiger partial charge in [-0.3, -0.25) is 9.80 Å². The SMILES string of the molecule is CCC1CC2CC3c4oc5ccccc5c4C(C4C5CC(CC)C6C4c4oc7ccccc7c4CCN6C5)CN(C2)C13. The van der Waals surface area contributed by atoms with Gasteiger partial charge in [0.1, 0.15) is 22.7 Å². The first-order valence-corrected chi connectivity index (χ1v) is 17.2. The van der Waals surface area contributed by atoms with Gasteiger partial charge in [-0.2, -0.15) is 0 Å². The average molecular weight is 561 g/mol. The summed E-state index contributed by atoms with van der Waals surface area (Å²) in [6.45, 7) is 9.81. The van der Waals surface area contributed by atoms with Gasteiger partial charge in [0.15, 0.2) is 0 Å². The normalized spacial score (nSPS) is 41.5. The lowest BCUT2D eigenvalue weighted by Crippen LogP contribution is -2.62.